The van der Waals surface area contributed by atoms with Gasteiger partial charge in [-0.3, -0.25) is 4.79 Å². The van der Waals surface area contributed by atoms with E-state index in [0.717, 1.165) is 6.20 Å². The third kappa shape index (κ3) is 6.78. The first-order chi connectivity index (χ1) is 18.0. The maximum absolute atomic E-state index is 13.2. The smallest absolute Gasteiger partial charge is 0.393 e. The normalized spacial score (nSPS) is 12.2. The molecule has 10 nitrogen and oxygen atoms in total. The van der Waals surface area contributed by atoms with Crippen LogP contribution in [0.25, 0.3) is 11.1 Å². The van der Waals surface area contributed by atoms with E-state index in [9.17, 15) is 27.9 Å². The summed E-state index contributed by atoms with van der Waals surface area (Å²) in [6.07, 6.45) is -3.49. The topological polar surface area (TPSA) is 122 Å². The number of carboxylic acids is 1. The Labute approximate surface area is 217 Å². The van der Waals surface area contributed by atoms with Gasteiger partial charge in [0.05, 0.1) is 13.5 Å². The van der Waals surface area contributed by atoms with E-state index in [1.807, 2.05) is 13.8 Å². The average Bonchev–Trinajstić information content (AvgIpc) is 2.87. The minimum Gasteiger partial charge on any atom is -0.480 e. The first-order valence-electron chi connectivity index (χ1n) is 11.8. The lowest BCUT2D eigenvalue weighted by molar-refractivity contribution is -0.137. The van der Waals surface area contributed by atoms with Crippen LogP contribution in [0.2, 0.25) is 0 Å². The van der Waals surface area contributed by atoms with Crippen molar-refractivity contribution in [2.45, 2.75) is 38.9 Å². The summed E-state index contributed by atoms with van der Waals surface area (Å²) >= 11 is 0. The SMILES string of the molecule is CCN(CC)c1ncc(CC(F)(F)F)c(N[C@@H](Cc2ccc(-c3c(OC)ncn(C)c3=O)cc2)C(=O)O)n1. The van der Waals surface area contributed by atoms with Crippen molar-refractivity contribution in [2.24, 2.45) is 7.05 Å². The predicted octanol–water partition coefficient (Wildman–Crippen LogP) is 3.30. The van der Waals surface area contributed by atoms with Gasteiger partial charge in [0, 0.05) is 38.3 Å². The molecule has 3 aromatic rings. The van der Waals surface area contributed by atoms with Crippen LogP contribution in [0.3, 0.4) is 0 Å². The van der Waals surface area contributed by atoms with Gasteiger partial charge in [0.1, 0.15) is 23.8 Å². The molecule has 0 radical (unpaired) electrons. The van der Waals surface area contributed by atoms with E-state index in [1.165, 1.54) is 18.0 Å². The Hall–Kier alpha value is -4.16. The zero-order valence-electron chi connectivity index (χ0n) is 21.4. The highest BCUT2D eigenvalue weighted by Gasteiger charge is 2.31. The van der Waals surface area contributed by atoms with E-state index < -0.39 is 24.6 Å². The summed E-state index contributed by atoms with van der Waals surface area (Å²) in [6.45, 7) is 4.75. The number of nitrogens with zero attached hydrogens (tertiary/aromatic N) is 5. The molecule has 0 fully saturated rings. The summed E-state index contributed by atoms with van der Waals surface area (Å²) in [5.74, 6) is -1.11. The number of halogens is 3. The molecule has 3 rings (SSSR count). The van der Waals surface area contributed by atoms with Gasteiger partial charge in [-0.2, -0.15) is 18.2 Å². The molecule has 38 heavy (non-hydrogen) atoms. The predicted molar refractivity (Wildman–Crippen MR) is 136 cm³/mol. The molecule has 0 aliphatic heterocycles. The van der Waals surface area contributed by atoms with Crippen LogP contribution in [-0.4, -0.2) is 63.0 Å². The Morgan fingerprint density at radius 2 is 1.84 bits per heavy atom. The number of hydrogen-bond donors (Lipinski definition) is 2. The van der Waals surface area contributed by atoms with Crippen molar-refractivity contribution in [1.29, 1.82) is 0 Å². The molecule has 2 aromatic heterocycles. The molecule has 0 bridgehead atoms. The molecule has 0 amide bonds. The van der Waals surface area contributed by atoms with Crippen LogP contribution in [0.1, 0.15) is 25.0 Å². The number of methoxy groups -OCH3 is 1. The first-order valence-corrected chi connectivity index (χ1v) is 11.8. The second-order valence-electron chi connectivity index (χ2n) is 8.49. The number of hydrogen-bond acceptors (Lipinski definition) is 8. The Morgan fingerprint density at radius 3 is 2.39 bits per heavy atom. The lowest BCUT2D eigenvalue weighted by Crippen LogP contribution is -2.33. The maximum Gasteiger partial charge on any atom is 0.393 e. The van der Waals surface area contributed by atoms with Crippen LogP contribution in [0.4, 0.5) is 24.9 Å². The number of aliphatic carboxylic acids is 1. The highest BCUT2D eigenvalue weighted by molar-refractivity contribution is 5.78. The van der Waals surface area contributed by atoms with Crippen LogP contribution < -0.4 is 20.5 Å². The molecule has 0 unspecified atom stereocenters. The van der Waals surface area contributed by atoms with E-state index in [1.54, 1.807) is 36.2 Å². The van der Waals surface area contributed by atoms with Crippen molar-refractivity contribution < 1.29 is 27.8 Å². The van der Waals surface area contributed by atoms with E-state index in [0.29, 0.717) is 24.2 Å². The zero-order valence-corrected chi connectivity index (χ0v) is 21.4. The van der Waals surface area contributed by atoms with Gasteiger partial charge < -0.3 is 24.6 Å². The second kappa shape index (κ2) is 11.9. The first kappa shape index (κ1) is 28.4. The Morgan fingerprint density at radius 1 is 1.18 bits per heavy atom. The van der Waals surface area contributed by atoms with Crippen molar-refractivity contribution in [3.63, 3.8) is 0 Å². The summed E-state index contributed by atoms with van der Waals surface area (Å²) in [7, 11) is 2.95. The molecule has 2 N–H and O–H groups in total. The van der Waals surface area contributed by atoms with E-state index in [-0.39, 0.29) is 40.8 Å². The van der Waals surface area contributed by atoms with Crippen LogP contribution in [0.15, 0.2) is 41.6 Å². The van der Waals surface area contributed by atoms with Gasteiger partial charge in [0.15, 0.2) is 0 Å². The lowest BCUT2D eigenvalue weighted by Gasteiger charge is -2.22. The summed E-state index contributed by atoms with van der Waals surface area (Å²) in [4.78, 5) is 38.8. The third-order valence-electron chi connectivity index (χ3n) is 5.87. The molecule has 0 saturated heterocycles. The molecule has 1 aromatic carbocycles. The Balaban J connectivity index is 1.91. The van der Waals surface area contributed by atoms with Gasteiger partial charge in [0.2, 0.25) is 11.8 Å². The number of carboxylic acid groups (broad SMARTS) is 1. The minimum atomic E-state index is -4.53. The average molecular weight is 535 g/mol. The second-order valence-corrected chi connectivity index (χ2v) is 8.49. The number of ether oxygens (including phenoxy) is 1. The molecular weight excluding hydrogens is 505 g/mol. The fourth-order valence-electron chi connectivity index (χ4n) is 3.86. The largest absolute Gasteiger partial charge is 0.480 e. The quantitative estimate of drug-likeness (QED) is 0.382. The lowest BCUT2D eigenvalue weighted by atomic mass is 10.0. The summed E-state index contributed by atoms with van der Waals surface area (Å²) in [5.41, 5.74) is 0.766. The highest BCUT2D eigenvalue weighted by Crippen LogP contribution is 2.28. The van der Waals surface area contributed by atoms with Crippen LogP contribution in [0, 0.1) is 0 Å². The number of nitrogens with one attached hydrogen (secondary N) is 1. The molecule has 204 valence electrons. The van der Waals surface area contributed by atoms with Crippen molar-refractivity contribution in [3.8, 4) is 17.0 Å². The Kier molecular flexibility index (Phi) is 8.92. The van der Waals surface area contributed by atoms with Gasteiger partial charge in [-0.05, 0) is 25.0 Å². The number of alkyl halides is 3. The minimum absolute atomic E-state index is 0.0616. The van der Waals surface area contributed by atoms with Crippen molar-refractivity contribution in [3.05, 3.63) is 58.3 Å². The third-order valence-corrected chi connectivity index (χ3v) is 5.87. The molecule has 0 saturated carbocycles. The molecular formula is C25H29F3N6O4. The van der Waals surface area contributed by atoms with Crippen molar-refractivity contribution in [2.75, 3.05) is 30.4 Å². The van der Waals surface area contributed by atoms with Gasteiger partial charge in [-0.1, -0.05) is 24.3 Å². The monoisotopic (exact) mass is 534 g/mol. The maximum atomic E-state index is 13.2. The molecule has 0 spiro atoms. The number of anilines is 2. The van der Waals surface area contributed by atoms with E-state index in [4.69, 9.17) is 4.74 Å². The summed E-state index contributed by atoms with van der Waals surface area (Å²) < 4.78 is 46.1. The number of aromatic nitrogens is 4. The molecule has 2 heterocycles. The van der Waals surface area contributed by atoms with Crippen LogP contribution in [-0.2, 0) is 24.7 Å². The van der Waals surface area contributed by atoms with Crippen LogP contribution in [0.5, 0.6) is 5.88 Å². The van der Waals surface area contributed by atoms with Crippen molar-refractivity contribution >= 4 is 17.7 Å². The fourth-order valence-corrected chi connectivity index (χ4v) is 3.86. The number of benzene rings is 1. The summed E-state index contributed by atoms with van der Waals surface area (Å²) in [5, 5.41) is 12.5. The van der Waals surface area contributed by atoms with E-state index in [2.05, 4.69) is 20.3 Å². The van der Waals surface area contributed by atoms with Crippen LogP contribution >= 0.6 is 0 Å². The summed E-state index contributed by atoms with van der Waals surface area (Å²) in [6, 6.07) is 5.25. The number of aryl methyl sites for hydroxylation is 1. The molecule has 0 aliphatic carbocycles. The number of rotatable bonds is 11. The van der Waals surface area contributed by atoms with E-state index >= 15 is 0 Å². The van der Waals surface area contributed by atoms with Gasteiger partial charge in [0.25, 0.3) is 5.56 Å². The molecule has 13 heteroatoms. The fraction of sp³-hybridized carbons (Fsp3) is 0.400. The number of carbonyl (C=O) groups is 1. The van der Waals surface area contributed by atoms with Gasteiger partial charge in [-0.15, -0.1) is 0 Å². The van der Waals surface area contributed by atoms with Crippen molar-refractivity contribution in [1.82, 2.24) is 19.5 Å². The van der Waals surface area contributed by atoms with Gasteiger partial charge in [-0.25, -0.2) is 14.8 Å². The molecule has 1 atom stereocenters. The standard InChI is InChI=1S/C25H29F3N6O4/c1-5-34(6-2)24-29-13-17(12-25(26,27)28)20(32-24)31-18(23(36)37)11-15-7-9-16(10-8-15)19-21(38-4)30-14-33(3)22(19)35/h7-10,13-14,18H,5-6,11-12H2,1-4H3,(H,36,37)(H,29,31,32)/t18-/m0/s1. The highest BCUT2D eigenvalue weighted by atomic mass is 19.4. The molecule has 0 aliphatic rings. The Bertz CT molecular complexity index is 1320. The van der Waals surface area contributed by atoms with Gasteiger partial charge >= 0.3 is 12.1 Å². The zero-order chi connectivity index (χ0) is 28.0.